The Morgan fingerprint density at radius 3 is 1.03 bits per heavy atom. The van der Waals surface area contributed by atoms with Crippen LogP contribution >= 0.6 is 0 Å². The maximum atomic E-state index is 12.6. The number of rotatable bonds is 8. The molecule has 10 heteroatoms. The van der Waals surface area contributed by atoms with Crippen LogP contribution in [0.25, 0.3) is 0 Å². The van der Waals surface area contributed by atoms with Gasteiger partial charge in [-0.3, -0.25) is 19.2 Å². The normalized spacial score (nSPS) is 25.4. The molecule has 180 valence electrons. The Morgan fingerprint density at radius 1 is 0.543 bits per heavy atom. The van der Waals surface area contributed by atoms with Gasteiger partial charge in [-0.1, -0.05) is 24.3 Å². The molecule has 4 fully saturated rings. The molecule has 35 heavy (non-hydrogen) atoms. The maximum absolute atomic E-state index is 12.6. The van der Waals surface area contributed by atoms with Crippen molar-refractivity contribution < 1.29 is 38.1 Å². The van der Waals surface area contributed by atoms with E-state index in [4.69, 9.17) is 18.9 Å². The van der Waals surface area contributed by atoms with Crippen molar-refractivity contribution in [3.63, 3.8) is 0 Å². The van der Waals surface area contributed by atoms with E-state index >= 15 is 0 Å². The van der Waals surface area contributed by atoms with Gasteiger partial charge in [0.05, 0.1) is 37.8 Å². The minimum atomic E-state index is -0.577. The molecule has 0 aliphatic carbocycles. The van der Waals surface area contributed by atoms with Crippen molar-refractivity contribution >= 4 is 35.0 Å². The quantitative estimate of drug-likeness (QED) is 0.399. The lowest BCUT2D eigenvalue weighted by Crippen LogP contribution is -2.42. The molecule has 10 nitrogen and oxygen atoms in total. The third kappa shape index (κ3) is 4.73. The van der Waals surface area contributed by atoms with Crippen molar-refractivity contribution in [3.8, 4) is 0 Å². The highest BCUT2D eigenvalue weighted by molar-refractivity contribution is 6.19. The van der Waals surface area contributed by atoms with Crippen LogP contribution in [0.4, 0.5) is 11.4 Å². The summed E-state index contributed by atoms with van der Waals surface area (Å²) in [5, 5.41) is 0. The number of anilines is 2. The highest BCUT2D eigenvalue weighted by atomic mass is 16.6. The van der Waals surface area contributed by atoms with Gasteiger partial charge in [-0.2, -0.15) is 0 Å². The molecule has 0 spiro atoms. The standard InChI is InChI=1S/C25H22N2O8/c28-22(18-10-32-18)26(23(29)19-11-33-19)16-5-1-14(2-6-16)9-15-3-7-17(8-4-15)27(24(30)20-12-34-20)25(31)21-13-35-21/h1-8,18-21H,9-13H2. The number of carbonyl (C=O) groups is 4. The van der Waals surface area contributed by atoms with Crippen LogP contribution in [0.1, 0.15) is 11.1 Å². The lowest BCUT2D eigenvalue weighted by Gasteiger charge is -2.20. The first-order valence-electron chi connectivity index (χ1n) is 11.4. The van der Waals surface area contributed by atoms with E-state index in [1.165, 1.54) is 0 Å². The van der Waals surface area contributed by atoms with E-state index < -0.39 is 24.4 Å². The van der Waals surface area contributed by atoms with Gasteiger partial charge in [-0.15, -0.1) is 0 Å². The zero-order valence-corrected chi connectivity index (χ0v) is 18.6. The molecule has 4 unspecified atom stereocenters. The molecule has 6 rings (SSSR count). The summed E-state index contributed by atoms with van der Waals surface area (Å²) < 4.78 is 20.3. The number of carbonyl (C=O) groups excluding carboxylic acids is 4. The second-order valence-electron chi connectivity index (χ2n) is 8.82. The maximum Gasteiger partial charge on any atom is 0.265 e. The second kappa shape index (κ2) is 8.65. The topological polar surface area (TPSA) is 125 Å². The van der Waals surface area contributed by atoms with Crippen molar-refractivity contribution in [2.75, 3.05) is 36.2 Å². The summed E-state index contributed by atoms with van der Waals surface area (Å²) in [6.07, 6.45) is -1.72. The summed E-state index contributed by atoms with van der Waals surface area (Å²) >= 11 is 0. The summed E-state index contributed by atoms with van der Waals surface area (Å²) in [4.78, 5) is 52.6. The molecule has 2 aromatic rings. The van der Waals surface area contributed by atoms with Gasteiger partial charge in [0.15, 0.2) is 24.4 Å². The van der Waals surface area contributed by atoms with Crippen LogP contribution in [0.2, 0.25) is 0 Å². The van der Waals surface area contributed by atoms with E-state index in [0.29, 0.717) is 44.2 Å². The molecule has 0 saturated carbocycles. The summed E-state index contributed by atoms with van der Waals surface area (Å²) in [5.74, 6) is -1.52. The lowest BCUT2D eigenvalue weighted by molar-refractivity contribution is -0.129. The number of nitrogens with zero attached hydrogens (tertiary/aromatic N) is 2. The molecule has 0 radical (unpaired) electrons. The SMILES string of the molecule is O=C(C1CO1)N(C(=O)C1CO1)c1ccc(Cc2ccc(N(C(=O)C3CO3)C(=O)C3CO3)cc2)cc1. The van der Waals surface area contributed by atoms with Gasteiger partial charge in [0.1, 0.15) is 0 Å². The fourth-order valence-corrected chi connectivity index (χ4v) is 3.83. The van der Waals surface area contributed by atoms with Gasteiger partial charge < -0.3 is 18.9 Å². The molecule has 4 aliphatic rings. The zero-order valence-electron chi connectivity index (χ0n) is 18.6. The monoisotopic (exact) mass is 478 g/mol. The minimum absolute atomic E-state index is 0.318. The molecule has 2 aromatic carbocycles. The first-order valence-corrected chi connectivity index (χ1v) is 11.4. The van der Waals surface area contributed by atoms with Gasteiger partial charge >= 0.3 is 0 Å². The lowest BCUT2D eigenvalue weighted by atomic mass is 10.0. The number of hydrogen-bond acceptors (Lipinski definition) is 8. The fraction of sp³-hybridized carbons (Fsp3) is 0.360. The van der Waals surface area contributed by atoms with Crippen LogP contribution in [-0.4, -0.2) is 74.5 Å². The number of benzene rings is 2. The molecule has 0 N–H and O–H groups in total. The van der Waals surface area contributed by atoms with Crippen molar-refractivity contribution in [1.29, 1.82) is 0 Å². The Hall–Kier alpha value is -3.44. The van der Waals surface area contributed by atoms with E-state index in [0.717, 1.165) is 20.9 Å². The number of hydrogen-bond donors (Lipinski definition) is 0. The summed E-state index contributed by atoms with van der Waals surface area (Å²) in [7, 11) is 0. The predicted octanol–water partition coefficient (Wildman–Crippen LogP) is 0.592. The smallest absolute Gasteiger partial charge is 0.265 e. The minimum Gasteiger partial charge on any atom is -0.363 e. The highest BCUT2D eigenvalue weighted by Gasteiger charge is 2.45. The van der Waals surface area contributed by atoms with Gasteiger partial charge in [-0.25, -0.2) is 9.80 Å². The molecule has 4 amide bonds. The molecule has 4 heterocycles. The van der Waals surface area contributed by atoms with Crippen LogP contribution in [-0.2, 0) is 44.5 Å². The van der Waals surface area contributed by atoms with Crippen LogP contribution in [0, 0.1) is 0 Å². The molecule has 4 aliphatic heterocycles. The Labute approximate surface area is 200 Å². The Balaban J connectivity index is 1.16. The Bertz CT molecular complexity index is 1040. The van der Waals surface area contributed by atoms with E-state index in [1.807, 2.05) is 24.3 Å². The van der Waals surface area contributed by atoms with Crippen molar-refractivity contribution in [2.24, 2.45) is 0 Å². The van der Waals surface area contributed by atoms with Gasteiger partial charge in [0.25, 0.3) is 23.6 Å². The number of amides is 4. The van der Waals surface area contributed by atoms with E-state index in [9.17, 15) is 19.2 Å². The van der Waals surface area contributed by atoms with E-state index in [-0.39, 0.29) is 23.6 Å². The predicted molar refractivity (Wildman–Crippen MR) is 120 cm³/mol. The largest absolute Gasteiger partial charge is 0.363 e. The molecule has 4 saturated heterocycles. The number of epoxide rings is 4. The summed E-state index contributed by atoms with van der Waals surface area (Å²) in [6.45, 7) is 1.27. The fourth-order valence-electron chi connectivity index (χ4n) is 3.83. The zero-order chi connectivity index (χ0) is 24.1. The van der Waals surface area contributed by atoms with Crippen LogP contribution < -0.4 is 9.80 Å². The summed E-state index contributed by atoms with van der Waals surface area (Å²) in [6, 6.07) is 14.3. The van der Waals surface area contributed by atoms with Crippen LogP contribution in [0.3, 0.4) is 0 Å². The third-order valence-corrected chi connectivity index (χ3v) is 6.11. The molecular formula is C25H22N2O8. The first-order chi connectivity index (χ1) is 17.0. The van der Waals surface area contributed by atoms with E-state index in [1.54, 1.807) is 24.3 Å². The summed E-state index contributed by atoms with van der Waals surface area (Å²) in [5.41, 5.74) is 2.88. The van der Waals surface area contributed by atoms with Crippen LogP contribution in [0.15, 0.2) is 48.5 Å². The molecule has 4 atom stereocenters. The van der Waals surface area contributed by atoms with Crippen molar-refractivity contribution in [3.05, 3.63) is 59.7 Å². The molecular weight excluding hydrogens is 456 g/mol. The van der Waals surface area contributed by atoms with Crippen molar-refractivity contribution in [1.82, 2.24) is 0 Å². The Kier molecular flexibility index (Phi) is 5.45. The number of imide groups is 2. The van der Waals surface area contributed by atoms with E-state index in [2.05, 4.69) is 0 Å². The van der Waals surface area contributed by atoms with Gasteiger partial charge in [0.2, 0.25) is 0 Å². The number of ether oxygens (including phenoxy) is 4. The first kappa shape index (κ1) is 22.1. The molecule has 0 bridgehead atoms. The Morgan fingerprint density at radius 2 is 0.800 bits per heavy atom. The average Bonchev–Trinajstić information content (AvgIpc) is 3.72. The van der Waals surface area contributed by atoms with Gasteiger partial charge in [-0.05, 0) is 41.8 Å². The second-order valence-corrected chi connectivity index (χ2v) is 8.82. The average molecular weight is 478 g/mol. The van der Waals surface area contributed by atoms with Crippen molar-refractivity contribution in [2.45, 2.75) is 30.8 Å². The highest BCUT2D eigenvalue weighted by Crippen LogP contribution is 2.27. The van der Waals surface area contributed by atoms with Gasteiger partial charge in [0, 0.05) is 0 Å². The molecule has 0 aromatic heterocycles. The third-order valence-electron chi connectivity index (χ3n) is 6.11. The van der Waals surface area contributed by atoms with Crippen LogP contribution in [0.5, 0.6) is 0 Å².